The van der Waals surface area contributed by atoms with Crippen LogP contribution in [0.5, 0.6) is 0 Å². The highest BCUT2D eigenvalue weighted by Crippen LogP contribution is 2.42. The van der Waals surface area contributed by atoms with Crippen LogP contribution < -0.4 is 5.32 Å². The number of hydrogen-bond acceptors (Lipinski definition) is 2. The van der Waals surface area contributed by atoms with Crippen LogP contribution in [0.2, 0.25) is 0 Å². The maximum absolute atomic E-state index is 5.72. The van der Waals surface area contributed by atoms with E-state index in [1.807, 2.05) is 0 Å². The van der Waals surface area contributed by atoms with Crippen molar-refractivity contribution in [3.05, 3.63) is 254 Å². The average molecular weight is 919 g/mol. The fourth-order valence-corrected chi connectivity index (χ4v) is 12.2. The fraction of sp³-hybridized carbons (Fsp3) is 0.0152. The van der Waals surface area contributed by atoms with Crippen LogP contribution in [0.25, 0.3) is 115 Å². The number of fused-ring (bicyclic) bond motifs is 15. The van der Waals surface area contributed by atoms with Gasteiger partial charge in [0.15, 0.2) is 0 Å². The van der Waals surface area contributed by atoms with Gasteiger partial charge in [0.1, 0.15) is 12.0 Å². The number of rotatable bonds is 4. The zero-order chi connectivity index (χ0) is 47.0. The van der Waals surface area contributed by atoms with Crippen molar-refractivity contribution in [1.29, 1.82) is 0 Å². The third kappa shape index (κ3) is 5.51. The van der Waals surface area contributed by atoms with Crippen LogP contribution in [0.1, 0.15) is 17.3 Å². The largest absolute Gasteiger partial charge is 0.359 e. The molecule has 0 spiro atoms. The molecular formula is C66H42N6. The summed E-state index contributed by atoms with van der Waals surface area (Å²) in [5.74, 6) is 0.917. The number of para-hydroxylation sites is 6. The number of hydrogen-bond donors (Lipinski definition) is 1. The molecule has 15 aromatic rings. The van der Waals surface area contributed by atoms with Crippen molar-refractivity contribution in [2.75, 3.05) is 5.32 Å². The lowest BCUT2D eigenvalue weighted by Crippen LogP contribution is -2.25. The standard InChI is InChI=1S/C66H42N6/c1-2-16-46-41(15-1)31-36-53-64(46)67-65(68-66(53)72-61-28-14-8-22-52(61)55-40-45(35-38-63(55)72)71-58-25-11-5-19-49(58)50-20-6-12-26-59(50)71)42-29-32-43(33-30-42)69-60-27-13-7-21-51(60)54-39-44(34-37-62(54)69)70-56-23-9-3-17-47(56)48-18-4-10-24-57(48)70/h1-40,65,67H. The van der Waals surface area contributed by atoms with Crippen molar-refractivity contribution in [2.45, 2.75) is 6.17 Å². The van der Waals surface area contributed by atoms with Crippen LogP contribution in [0.3, 0.4) is 0 Å². The summed E-state index contributed by atoms with van der Waals surface area (Å²) in [5, 5.41) is 16.1. The Balaban J connectivity index is 0.847. The van der Waals surface area contributed by atoms with Crippen molar-refractivity contribution < 1.29 is 0 Å². The van der Waals surface area contributed by atoms with Gasteiger partial charge >= 0.3 is 0 Å². The summed E-state index contributed by atoms with van der Waals surface area (Å²) in [6, 6.07) is 88.5. The van der Waals surface area contributed by atoms with Crippen LogP contribution in [-0.4, -0.2) is 24.1 Å². The summed E-state index contributed by atoms with van der Waals surface area (Å²) < 4.78 is 9.61. The number of nitrogens with one attached hydrogen (secondary N) is 1. The second-order valence-electron chi connectivity index (χ2n) is 19.1. The van der Waals surface area contributed by atoms with Gasteiger partial charge in [0.05, 0.1) is 49.8 Å². The normalized spacial score (nSPS) is 13.9. The molecule has 0 saturated carbocycles. The van der Waals surface area contributed by atoms with E-state index in [1.54, 1.807) is 0 Å². The first kappa shape index (κ1) is 39.2. The first-order valence-corrected chi connectivity index (χ1v) is 24.7. The quantitative estimate of drug-likeness (QED) is 0.188. The summed E-state index contributed by atoms with van der Waals surface area (Å²) >= 11 is 0. The fourth-order valence-electron chi connectivity index (χ4n) is 12.2. The maximum Gasteiger partial charge on any atom is 0.147 e. The molecule has 6 heteroatoms. The molecule has 16 rings (SSSR count). The number of benzene rings is 11. The maximum atomic E-state index is 5.72. The predicted octanol–water partition coefficient (Wildman–Crippen LogP) is 16.7. The van der Waals surface area contributed by atoms with Crippen molar-refractivity contribution in [1.82, 2.24) is 18.3 Å². The molecule has 0 fully saturated rings. The van der Waals surface area contributed by atoms with E-state index in [-0.39, 0.29) is 6.17 Å². The van der Waals surface area contributed by atoms with Crippen LogP contribution in [0.15, 0.2) is 248 Å². The van der Waals surface area contributed by atoms with Crippen molar-refractivity contribution in [3.63, 3.8) is 0 Å². The van der Waals surface area contributed by atoms with Crippen molar-refractivity contribution >= 4 is 110 Å². The summed E-state index contributed by atoms with van der Waals surface area (Å²) in [5.41, 5.74) is 16.0. The molecule has 0 bridgehead atoms. The van der Waals surface area contributed by atoms with E-state index in [0.717, 1.165) is 56.3 Å². The lowest BCUT2D eigenvalue weighted by atomic mass is 10.00. The van der Waals surface area contributed by atoms with Gasteiger partial charge in [-0.05, 0) is 102 Å². The predicted molar refractivity (Wildman–Crippen MR) is 301 cm³/mol. The summed E-state index contributed by atoms with van der Waals surface area (Å²) in [4.78, 5) is 5.72. The minimum absolute atomic E-state index is 0.354. The molecule has 1 unspecified atom stereocenters. The van der Waals surface area contributed by atoms with Gasteiger partial charge < -0.3 is 19.0 Å². The second-order valence-corrected chi connectivity index (χ2v) is 19.1. The van der Waals surface area contributed by atoms with Crippen LogP contribution in [0.4, 0.5) is 5.69 Å². The number of anilines is 1. The Kier molecular flexibility index (Phi) is 8.13. The zero-order valence-electron chi connectivity index (χ0n) is 38.9. The van der Waals surface area contributed by atoms with Gasteiger partial charge in [-0.2, -0.15) is 0 Å². The van der Waals surface area contributed by atoms with Gasteiger partial charge in [-0.1, -0.05) is 152 Å². The Labute approximate surface area is 413 Å². The molecule has 5 heterocycles. The summed E-state index contributed by atoms with van der Waals surface area (Å²) in [7, 11) is 0. The topological polar surface area (TPSA) is 44.1 Å². The molecule has 1 aliphatic heterocycles. The lowest BCUT2D eigenvalue weighted by Gasteiger charge is -2.28. The van der Waals surface area contributed by atoms with Crippen molar-refractivity contribution in [3.8, 4) is 17.1 Å². The van der Waals surface area contributed by atoms with Crippen LogP contribution in [-0.2, 0) is 0 Å². The Bertz CT molecular complexity index is 4680. The monoisotopic (exact) mass is 918 g/mol. The molecule has 1 aliphatic rings. The van der Waals surface area contributed by atoms with Crippen LogP contribution >= 0.6 is 0 Å². The summed E-state index contributed by atoms with van der Waals surface area (Å²) in [6.07, 6.45) is -0.354. The SMILES string of the molecule is c1ccc2c3c(ccc2c1)C(n1c2ccccc2c2cc(-n4c5ccccc5c5ccccc54)ccc21)=NC(c1ccc(-n2c4ccccc4c4cc(-n5c6ccccc6c6ccccc65)ccc42)cc1)N3. The second kappa shape index (κ2) is 14.9. The Morgan fingerprint density at radius 2 is 0.653 bits per heavy atom. The van der Waals surface area contributed by atoms with E-state index >= 15 is 0 Å². The van der Waals surface area contributed by atoms with E-state index in [4.69, 9.17) is 4.99 Å². The van der Waals surface area contributed by atoms with E-state index in [0.29, 0.717) is 0 Å². The molecule has 6 nitrogen and oxygen atoms in total. The minimum atomic E-state index is -0.354. The Morgan fingerprint density at radius 3 is 1.14 bits per heavy atom. The van der Waals surface area contributed by atoms with Crippen LogP contribution in [0, 0.1) is 0 Å². The molecule has 0 radical (unpaired) electrons. The first-order valence-electron chi connectivity index (χ1n) is 24.7. The van der Waals surface area contributed by atoms with Gasteiger partial charge in [0, 0.05) is 71.1 Å². The smallest absolute Gasteiger partial charge is 0.147 e. The first-order chi connectivity index (χ1) is 35.7. The molecule has 0 saturated heterocycles. The summed E-state index contributed by atoms with van der Waals surface area (Å²) in [6.45, 7) is 0. The molecule has 0 amide bonds. The molecule has 4 aromatic heterocycles. The van der Waals surface area contributed by atoms with Gasteiger partial charge in [0.2, 0.25) is 0 Å². The Morgan fingerprint density at radius 1 is 0.292 bits per heavy atom. The van der Waals surface area contributed by atoms with Gasteiger partial charge in [-0.15, -0.1) is 0 Å². The lowest BCUT2D eigenvalue weighted by molar-refractivity contribution is 0.820. The van der Waals surface area contributed by atoms with Gasteiger partial charge in [-0.25, -0.2) is 4.99 Å². The molecule has 1 atom stereocenters. The Hall–Kier alpha value is -9.65. The van der Waals surface area contributed by atoms with E-state index in [1.165, 1.54) is 81.4 Å². The third-order valence-electron chi connectivity index (χ3n) is 15.4. The molecule has 11 aromatic carbocycles. The number of aromatic nitrogens is 4. The average Bonchev–Trinajstić information content (AvgIpc) is 4.17. The third-order valence-corrected chi connectivity index (χ3v) is 15.4. The van der Waals surface area contributed by atoms with E-state index in [2.05, 4.69) is 266 Å². The van der Waals surface area contributed by atoms with Gasteiger partial charge in [0.25, 0.3) is 0 Å². The molecule has 72 heavy (non-hydrogen) atoms. The highest BCUT2D eigenvalue weighted by Gasteiger charge is 2.28. The number of nitrogens with zero attached hydrogens (tertiary/aromatic N) is 5. The number of aliphatic imine (C=N–C) groups is 1. The minimum Gasteiger partial charge on any atom is -0.359 e. The zero-order valence-corrected chi connectivity index (χ0v) is 38.9. The molecule has 0 aliphatic carbocycles. The van der Waals surface area contributed by atoms with Gasteiger partial charge in [-0.3, -0.25) is 4.57 Å². The van der Waals surface area contributed by atoms with Crippen molar-refractivity contribution in [2.24, 2.45) is 4.99 Å². The van der Waals surface area contributed by atoms with E-state index in [9.17, 15) is 0 Å². The van der Waals surface area contributed by atoms with E-state index < -0.39 is 0 Å². The molecule has 336 valence electrons. The highest BCUT2D eigenvalue weighted by molar-refractivity contribution is 6.22. The molecular weight excluding hydrogens is 877 g/mol. The highest BCUT2D eigenvalue weighted by atomic mass is 15.2. The molecule has 1 N–H and O–H groups in total.